The van der Waals surface area contributed by atoms with Crippen molar-refractivity contribution in [1.82, 2.24) is 0 Å². The first-order valence-corrected chi connectivity index (χ1v) is 5.98. The summed E-state index contributed by atoms with van der Waals surface area (Å²) in [5.41, 5.74) is 5.16. The number of alkyl halides is 3. The van der Waals surface area contributed by atoms with Crippen LogP contribution in [0.2, 0.25) is 0 Å². The number of carbonyl (C=O) groups is 1. The summed E-state index contributed by atoms with van der Waals surface area (Å²) in [4.78, 5) is 11.9. The number of rotatable bonds is 3. The van der Waals surface area contributed by atoms with E-state index in [9.17, 15) is 18.0 Å². The Labute approximate surface area is 110 Å². The van der Waals surface area contributed by atoms with Gasteiger partial charge in [0.05, 0.1) is 11.6 Å². The molecule has 0 saturated carbocycles. The Bertz CT molecular complexity index is 443. The molecule has 0 bridgehead atoms. The summed E-state index contributed by atoms with van der Waals surface area (Å²) in [6, 6.07) is 4.03. The Balaban J connectivity index is 2.77. The number of benzene rings is 1. The van der Waals surface area contributed by atoms with Crippen molar-refractivity contribution in [2.24, 2.45) is 11.1 Å². The Kier molecular flexibility index (Phi) is 4.40. The highest BCUT2D eigenvalue weighted by Gasteiger charge is 2.30. The van der Waals surface area contributed by atoms with Crippen molar-refractivity contribution in [3.63, 3.8) is 0 Å². The molecule has 1 aromatic rings. The van der Waals surface area contributed by atoms with Gasteiger partial charge < -0.3 is 5.73 Å². The number of hydrogen-bond donors (Lipinski definition) is 1. The average molecular weight is 273 g/mol. The van der Waals surface area contributed by atoms with Crippen LogP contribution in [0.5, 0.6) is 0 Å². The van der Waals surface area contributed by atoms with Gasteiger partial charge in [-0.3, -0.25) is 4.79 Å². The second-order valence-electron chi connectivity index (χ2n) is 5.62. The van der Waals surface area contributed by atoms with E-state index in [1.54, 1.807) is 20.8 Å². The molecule has 1 rings (SSSR count). The van der Waals surface area contributed by atoms with Crippen LogP contribution in [0, 0.1) is 5.41 Å². The highest BCUT2D eigenvalue weighted by atomic mass is 19.4. The first kappa shape index (κ1) is 15.7. The summed E-state index contributed by atoms with van der Waals surface area (Å²) >= 11 is 0. The zero-order valence-corrected chi connectivity index (χ0v) is 11.2. The molecule has 1 atom stereocenters. The maximum absolute atomic E-state index is 12.4. The monoisotopic (exact) mass is 273 g/mol. The van der Waals surface area contributed by atoms with Crippen molar-refractivity contribution in [2.75, 3.05) is 0 Å². The molecule has 19 heavy (non-hydrogen) atoms. The van der Waals surface area contributed by atoms with Crippen LogP contribution in [0.3, 0.4) is 0 Å². The van der Waals surface area contributed by atoms with Gasteiger partial charge in [-0.1, -0.05) is 32.9 Å². The molecule has 0 heterocycles. The minimum atomic E-state index is -4.35. The van der Waals surface area contributed by atoms with Gasteiger partial charge in [0.15, 0.2) is 5.78 Å². The molecule has 5 heteroatoms. The van der Waals surface area contributed by atoms with Crippen molar-refractivity contribution >= 4 is 5.78 Å². The summed E-state index contributed by atoms with van der Waals surface area (Å²) in [6.07, 6.45) is -4.10. The van der Waals surface area contributed by atoms with E-state index in [0.29, 0.717) is 5.56 Å². The summed E-state index contributed by atoms with van der Waals surface area (Å²) < 4.78 is 37.2. The van der Waals surface area contributed by atoms with Crippen molar-refractivity contribution < 1.29 is 18.0 Å². The zero-order valence-electron chi connectivity index (χ0n) is 11.2. The van der Waals surface area contributed by atoms with Crippen LogP contribution in [0.15, 0.2) is 24.3 Å². The normalized spacial score (nSPS) is 14.3. The molecule has 106 valence electrons. The lowest BCUT2D eigenvalue weighted by Gasteiger charge is -2.21. The predicted molar refractivity (Wildman–Crippen MR) is 67.6 cm³/mol. The Morgan fingerprint density at radius 2 is 1.63 bits per heavy atom. The molecule has 1 aromatic carbocycles. The lowest BCUT2D eigenvalue weighted by Crippen LogP contribution is -2.40. The lowest BCUT2D eigenvalue weighted by molar-refractivity contribution is -0.137. The Morgan fingerprint density at radius 1 is 1.16 bits per heavy atom. The van der Waals surface area contributed by atoms with Crippen LogP contribution in [-0.2, 0) is 17.4 Å². The topological polar surface area (TPSA) is 43.1 Å². The summed E-state index contributed by atoms with van der Waals surface area (Å²) in [7, 11) is 0. The second kappa shape index (κ2) is 5.33. The predicted octanol–water partition coefficient (Wildman–Crippen LogP) is 3.19. The third-order valence-corrected chi connectivity index (χ3v) is 2.81. The van der Waals surface area contributed by atoms with Gasteiger partial charge in [0.25, 0.3) is 0 Å². The molecule has 0 aliphatic rings. The summed E-state index contributed by atoms with van der Waals surface area (Å²) in [5.74, 6) is -0.104. The van der Waals surface area contributed by atoms with Crippen LogP contribution in [-0.4, -0.2) is 11.8 Å². The Morgan fingerprint density at radius 3 is 2.00 bits per heavy atom. The number of hydrogen-bond acceptors (Lipinski definition) is 2. The highest BCUT2D eigenvalue weighted by molar-refractivity contribution is 5.88. The number of ketones is 1. The smallest absolute Gasteiger partial charge is 0.321 e. The van der Waals surface area contributed by atoms with E-state index in [1.165, 1.54) is 12.1 Å². The van der Waals surface area contributed by atoms with E-state index >= 15 is 0 Å². The molecule has 0 aromatic heterocycles. The number of halogens is 3. The van der Waals surface area contributed by atoms with E-state index in [-0.39, 0.29) is 12.2 Å². The van der Waals surface area contributed by atoms with Crippen molar-refractivity contribution in [2.45, 2.75) is 39.4 Å². The van der Waals surface area contributed by atoms with Crippen molar-refractivity contribution in [3.8, 4) is 0 Å². The minimum absolute atomic E-state index is 0.104. The fraction of sp³-hybridized carbons (Fsp3) is 0.500. The van der Waals surface area contributed by atoms with Crippen molar-refractivity contribution in [1.29, 1.82) is 0 Å². The first-order valence-electron chi connectivity index (χ1n) is 5.98. The SMILES string of the molecule is CC(C)(C)C(=O)[C@@H](N)Cc1ccc(C(F)(F)F)cc1. The fourth-order valence-corrected chi connectivity index (χ4v) is 1.73. The quantitative estimate of drug-likeness (QED) is 0.919. The van der Waals surface area contributed by atoms with Crippen molar-refractivity contribution in [3.05, 3.63) is 35.4 Å². The molecule has 0 amide bonds. The van der Waals surface area contributed by atoms with E-state index < -0.39 is 23.2 Å². The number of nitrogens with two attached hydrogens (primary N) is 1. The van der Waals surface area contributed by atoms with Gasteiger partial charge in [-0.2, -0.15) is 13.2 Å². The van der Waals surface area contributed by atoms with Crippen LogP contribution in [0.1, 0.15) is 31.9 Å². The van der Waals surface area contributed by atoms with E-state index in [0.717, 1.165) is 12.1 Å². The second-order valence-corrected chi connectivity index (χ2v) is 5.62. The third-order valence-electron chi connectivity index (χ3n) is 2.81. The van der Waals surface area contributed by atoms with Gasteiger partial charge in [-0.15, -0.1) is 0 Å². The van der Waals surface area contributed by atoms with Gasteiger partial charge >= 0.3 is 6.18 Å². The van der Waals surface area contributed by atoms with Crippen LogP contribution < -0.4 is 5.73 Å². The molecule has 2 N–H and O–H groups in total. The van der Waals surface area contributed by atoms with Gasteiger partial charge in [0.2, 0.25) is 0 Å². The molecule has 0 saturated heterocycles. The average Bonchev–Trinajstić information content (AvgIpc) is 2.26. The Hall–Kier alpha value is -1.36. The summed E-state index contributed by atoms with van der Waals surface area (Å²) in [5, 5.41) is 0. The van der Waals surface area contributed by atoms with Gasteiger partial charge in [-0.05, 0) is 24.1 Å². The maximum atomic E-state index is 12.4. The molecular formula is C14H18F3NO. The van der Waals surface area contributed by atoms with Crippen LogP contribution in [0.25, 0.3) is 0 Å². The minimum Gasteiger partial charge on any atom is -0.321 e. The molecule has 0 aliphatic heterocycles. The van der Waals surface area contributed by atoms with Gasteiger partial charge in [0, 0.05) is 5.41 Å². The first-order chi connectivity index (χ1) is 8.51. The molecule has 0 aliphatic carbocycles. The van der Waals surface area contributed by atoms with E-state index in [4.69, 9.17) is 5.73 Å². The lowest BCUT2D eigenvalue weighted by atomic mass is 9.84. The largest absolute Gasteiger partial charge is 0.416 e. The molecule has 0 fully saturated rings. The molecular weight excluding hydrogens is 255 g/mol. The van der Waals surface area contributed by atoms with Crippen LogP contribution >= 0.6 is 0 Å². The van der Waals surface area contributed by atoms with Gasteiger partial charge in [-0.25, -0.2) is 0 Å². The molecule has 0 radical (unpaired) electrons. The zero-order chi connectivity index (χ0) is 14.8. The third kappa shape index (κ3) is 4.35. The van der Waals surface area contributed by atoms with Gasteiger partial charge in [0.1, 0.15) is 0 Å². The summed E-state index contributed by atoms with van der Waals surface area (Å²) in [6.45, 7) is 5.30. The highest BCUT2D eigenvalue weighted by Crippen LogP contribution is 2.29. The van der Waals surface area contributed by atoms with E-state index in [2.05, 4.69) is 0 Å². The molecule has 0 spiro atoms. The maximum Gasteiger partial charge on any atom is 0.416 e. The number of Topliss-reactive ketones (excluding diaryl/α,β-unsaturated/α-hetero) is 1. The molecule has 2 nitrogen and oxygen atoms in total. The fourth-order valence-electron chi connectivity index (χ4n) is 1.73. The van der Waals surface area contributed by atoms with Crippen LogP contribution in [0.4, 0.5) is 13.2 Å². The standard InChI is InChI=1S/C14H18F3NO/c1-13(2,3)12(19)11(18)8-9-4-6-10(7-5-9)14(15,16)17/h4-7,11H,8,18H2,1-3H3/t11-/m0/s1. The van der Waals surface area contributed by atoms with E-state index in [1.807, 2.05) is 0 Å². The number of carbonyl (C=O) groups excluding carboxylic acids is 1. The molecule has 0 unspecified atom stereocenters.